The Morgan fingerprint density at radius 3 is 2.53 bits per heavy atom. The first kappa shape index (κ1) is 11.7. The van der Waals surface area contributed by atoms with Gasteiger partial charge in [0.2, 0.25) is 0 Å². The predicted molar refractivity (Wildman–Crippen MR) is 56.8 cm³/mol. The van der Waals surface area contributed by atoms with Gasteiger partial charge in [-0.2, -0.15) is 5.48 Å². The highest BCUT2D eigenvalue weighted by Gasteiger charge is 2.00. The van der Waals surface area contributed by atoms with E-state index in [0.29, 0.717) is 17.9 Å². The highest BCUT2D eigenvalue weighted by Crippen LogP contribution is 2.11. The molecule has 0 heterocycles. The Kier molecular flexibility index (Phi) is 4.27. The molecule has 0 bridgehead atoms. The Morgan fingerprint density at radius 2 is 2.07 bits per heavy atom. The van der Waals surface area contributed by atoms with Crippen LogP contribution in [-0.2, 0) is 0 Å². The van der Waals surface area contributed by atoms with Crippen molar-refractivity contribution in [2.75, 3.05) is 6.54 Å². The van der Waals surface area contributed by atoms with Crippen molar-refractivity contribution < 1.29 is 14.7 Å². The third-order valence-electron chi connectivity index (χ3n) is 1.83. The average Bonchev–Trinajstić information content (AvgIpc) is 2.18. The number of aliphatic hydroxyl groups is 1. The van der Waals surface area contributed by atoms with Crippen LogP contribution in [0.4, 0.5) is 0 Å². The molecule has 2 N–H and O–H groups in total. The van der Waals surface area contributed by atoms with Gasteiger partial charge in [0.05, 0.1) is 12.6 Å². The fourth-order valence-electron chi connectivity index (χ4n) is 1.00. The summed E-state index contributed by atoms with van der Waals surface area (Å²) in [5.74, 6) is 0.638. The molecule has 0 spiro atoms. The van der Waals surface area contributed by atoms with Crippen LogP contribution in [0.5, 0.6) is 5.75 Å². The van der Waals surface area contributed by atoms with Crippen molar-refractivity contribution >= 4 is 5.78 Å². The standard InChI is InChI=1S/C11H15NO3/c1-8(13)7-12-15-11-5-3-10(4-6-11)9(2)14/h3-6,8,12-13H,7H2,1-2H3. The number of ketones is 1. The van der Waals surface area contributed by atoms with E-state index in [1.165, 1.54) is 6.92 Å². The smallest absolute Gasteiger partial charge is 0.159 e. The van der Waals surface area contributed by atoms with Gasteiger partial charge >= 0.3 is 0 Å². The molecule has 0 fully saturated rings. The second kappa shape index (κ2) is 5.48. The number of Topliss-reactive ketones (excluding diaryl/α,β-unsaturated/α-hetero) is 1. The number of benzene rings is 1. The average molecular weight is 209 g/mol. The molecule has 0 radical (unpaired) electrons. The quantitative estimate of drug-likeness (QED) is 0.564. The molecule has 4 nitrogen and oxygen atoms in total. The normalized spacial score (nSPS) is 12.2. The second-order valence-electron chi connectivity index (χ2n) is 3.38. The van der Waals surface area contributed by atoms with Gasteiger partial charge in [0.1, 0.15) is 5.75 Å². The van der Waals surface area contributed by atoms with Gasteiger partial charge in [0, 0.05) is 5.56 Å². The van der Waals surface area contributed by atoms with Gasteiger partial charge in [0.25, 0.3) is 0 Å². The molecule has 1 aromatic carbocycles. The lowest BCUT2D eigenvalue weighted by Gasteiger charge is -2.08. The fraction of sp³-hybridized carbons (Fsp3) is 0.364. The van der Waals surface area contributed by atoms with Crippen LogP contribution in [0.3, 0.4) is 0 Å². The number of hydrogen-bond acceptors (Lipinski definition) is 4. The number of nitrogens with one attached hydrogen (secondary N) is 1. The van der Waals surface area contributed by atoms with Crippen LogP contribution in [0.1, 0.15) is 24.2 Å². The van der Waals surface area contributed by atoms with E-state index in [1.54, 1.807) is 31.2 Å². The minimum Gasteiger partial charge on any atom is -0.409 e. The zero-order valence-corrected chi connectivity index (χ0v) is 8.86. The summed E-state index contributed by atoms with van der Waals surface area (Å²) in [7, 11) is 0. The maximum atomic E-state index is 11.0. The lowest BCUT2D eigenvalue weighted by Crippen LogP contribution is -2.27. The Labute approximate surface area is 88.8 Å². The third-order valence-corrected chi connectivity index (χ3v) is 1.83. The SMILES string of the molecule is CC(=O)c1ccc(ONCC(C)O)cc1. The Balaban J connectivity index is 2.46. The minimum absolute atomic E-state index is 0.0264. The van der Waals surface area contributed by atoms with Crippen molar-refractivity contribution in [3.63, 3.8) is 0 Å². The molecule has 0 amide bonds. The zero-order valence-electron chi connectivity index (χ0n) is 8.86. The van der Waals surface area contributed by atoms with Gasteiger partial charge in [-0.25, -0.2) is 0 Å². The first-order chi connectivity index (χ1) is 7.09. The molecule has 0 aromatic heterocycles. The molecule has 1 unspecified atom stereocenters. The van der Waals surface area contributed by atoms with E-state index in [-0.39, 0.29) is 5.78 Å². The molecule has 82 valence electrons. The molecule has 0 saturated heterocycles. The zero-order chi connectivity index (χ0) is 11.3. The number of aliphatic hydroxyl groups excluding tert-OH is 1. The lowest BCUT2D eigenvalue weighted by molar-refractivity contribution is 0.101. The van der Waals surface area contributed by atoms with Crippen LogP contribution in [0, 0.1) is 0 Å². The van der Waals surface area contributed by atoms with E-state index in [1.807, 2.05) is 0 Å². The van der Waals surface area contributed by atoms with E-state index in [4.69, 9.17) is 9.94 Å². The highest BCUT2D eigenvalue weighted by atomic mass is 16.6. The maximum Gasteiger partial charge on any atom is 0.159 e. The number of carbonyl (C=O) groups excluding carboxylic acids is 1. The number of hydrogen-bond donors (Lipinski definition) is 2. The highest BCUT2D eigenvalue weighted by molar-refractivity contribution is 5.94. The van der Waals surface area contributed by atoms with E-state index in [0.717, 1.165) is 0 Å². The van der Waals surface area contributed by atoms with E-state index < -0.39 is 6.10 Å². The third kappa shape index (κ3) is 4.10. The molecular formula is C11H15NO3. The molecule has 1 aromatic rings. The van der Waals surface area contributed by atoms with Gasteiger partial charge in [-0.15, -0.1) is 0 Å². The summed E-state index contributed by atoms with van der Waals surface area (Å²) >= 11 is 0. The van der Waals surface area contributed by atoms with Crippen LogP contribution in [0.15, 0.2) is 24.3 Å². The molecular weight excluding hydrogens is 194 g/mol. The fourth-order valence-corrected chi connectivity index (χ4v) is 1.00. The van der Waals surface area contributed by atoms with Crippen molar-refractivity contribution in [1.82, 2.24) is 5.48 Å². The van der Waals surface area contributed by atoms with Crippen LogP contribution < -0.4 is 10.3 Å². The summed E-state index contributed by atoms with van der Waals surface area (Å²) in [6, 6.07) is 6.79. The second-order valence-corrected chi connectivity index (χ2v) is 3.38. The Hall–Kier alpha value is -1.39. The molecule has 0 saturated carbocycles. The van der Waals surface area contributed by atoms with Crippen LogP contribution in [-0.4, -0.2) is 23.5 Å². The molecule has 1 atom stereocenters. The molecule has 15 heavy (non-hydrogen) atoms. The molecule has 0 aliphatic heterocycles. The van der Waals surface area contributed by atoms with Crippen molar-refractivity contribution in [1.29, 1.82) is 0 Å². The van der Waals surface area contributed by atoms with Crippen molar-refractivity contribution in [2.24, 2.45) is 0 Å². The first-order valence-corrected chi connectivity index (χ1v) is 4.78. The first-order valence-electron chi connectivity index (χ1n) is 4.78. The van der Waals surface area contributed by atoms with E-state index in [9.17, 15) is 4.79 Å². The Bertz CT molecular complexity index is 319. The van der Waals surface area contributed by atoms with Crippen molar-refractivity contribution in [3.8, 4) is 5.75 Å². The topological polar surface area (TPSA) is 58.6 Å². The largest absolute Gasteiger partial charge is 0.409 e. The van der Waals surface area contributed by atoms with E-state index in [2.05, 4.69) is 5.48 Å². The summed E-state index contributed by atoms with van der Waals surface area (Å²) in [4.78, 5) is 16.1. The minimum atomic E-state index is -0.457. The lowest BCUT2D eigenvalue weighted by atomic mass is 10.1. The summed E-state index contributed by atoms with van der Waals surface area (Å²) in [5, 5.41) is 8.96. The monoisotopic (exact) mass is 209 g/mol. The van der Waals surface area contributed by atoms with Crippen LogP contribution in [0.2, 0.25) is 0 Å². The van der Waals surface area contributed by atoms with Gasteiger partial charge in [-0.05, 0) is 38.1 Å². The number of carbonyl (C=O) groups is 1. The van der Waals surface area contributed by atoms with Gasteiger partial charge in [0.15, 0.2) is 5.78 Å². The summed E-state index contributed by atoms with van der Waals surface area (Å²) in [5.41, 5.74) is 3.27. The summed E-state index contributed by atoms with van der Waals surface area (Å²) in [6.45, 7) is 3.53. The van der Waals surface area contributed by atoms with Gasteiger partial charge in [-0.3, -0.25) is 4.79 Å². The maximum absolute atomic E-state index is 11.0. The Morgan fingerprint density at radius 1 is 1.47 bits per heavy atom. The summed E-state index contributed by atoms with van der Waals surface area (Å²) < 4.78 is 0. The predicted octanol–water partition coefficient (Wildman–Crippen LogP) is 1.15. The number of rotatable bonds is 5. The molecule has 0 aliphatic rings. The van der Waals surface area contributed by atoms with Crippen molar-refractivity contribution in [2.45, 2.75) is 20.0 Å². The molecule has 0 aliphatic carbocycles. The van der Waals surface area contributed by atoms with Crippen LogP contribution >= 0.6 is 0 Å². The molecule has 4 heteroatoms. The van der Waals surface area contributed by atoms with Crippen molar-refractivity contribution in [3.05, 3.63) is 29.8 Å². The van der Waals surface area contributed by atoms with Gasteiger partial charge in [-0.1, -0.05) is 0 Å². The van der Waals surface area contributed by atoms with Crippen LogP contribution in [0.25, 0.3) is 0 Å². The summed E-state index contributed by atoms with van der Waals surface area (Å²) in [6.07, 6.45) is -0.457. The van der Waals surface area contributed by atoms with Gasteiger partial charge < -0.3 is 9.94 Å². The van der Waals surface area contributed by atoms with E-state index >= 15 is 0 Å². The number of hydroxylamine groups is 1. The molecule has 1 rings (SSSR count).